The van der Waals surface area contributed by atoms with Gasteiger partial charge in [-0.05, 0) is 0 Å². The summed E-state index contributed by atoms with van der Waals surface area (Å²) in [7, 11) is 1.41. The first kappa shape index (κ1) is 12.6. The lowest BCUT2D eigenvalue weighted by molar-refractivity contribution is -0.125. The second-order valence-electron chi connectivity index (χ2n) is 3.05. The molecule has 0 aliphatic carbocycles. The van der Waals surface area contributed by atoms with E-state index in [4.69, 9.17) is 21.1 Å². The number of amides is 1. The molecule has 1 amide bonds. The number of rotatable bonds is 4. The van der Waals surface area contributed by atoms with Crippen molar-refractivity contribution in [3.8, 4) is 12.1 Å². The van der Waals surface area contributed by atoms with Crippen LogP contribution >= 0.6 is 0 Å². The van der Waals surface area contributed by atoms with Crippen LogP contribution in [-0.4, -0.2) is 29.2 Å². The summed E-state index contributed by atoms with van der Waals surface area (Å²) in [6.45, 7) is 0.0128. The van der Waals surface area contributed by atoms with Gasteiger partial charge >= 0.3 is 0 Å². The SMILES string of the molecule is COCC(C(=O)NN)n1cnc(C#N)c1C#N. The molecule has 0 saturated carbocycles. The maximum Gasteiger partial charge on any atom is 0.259 e. The van der Waals surface area contributed by atoms with Crippen LogP contribution in [0.2, 0.25) is 0 Å². The van der Waals surface area contributed by atoms with Gasteiger partial charge in [-0.3, -0.25) is 10.2 Å². The summed E-state index contributed by atoms with van der Waals surface area (Å²) >= 11 is 0. The van der Waals surface area contributed by atoms with E-state index in [0.29, 0.717) is 0 Å². The number of aromatic nitrogens is 2. The van der Waals surface area contributed by atoms with E-state index in [9.17, 15) is 4.79 Å². The highest BCUT2D eigenvalue weighted by Gasteiger charge is 2.24. The Morgan fingerprint density at radius 3 is 2.88 bits per heavy atom. The number of carbonyl (C=O) groups excluding carboxylic acids is 1. The Morgan fingerprint density at radius 1 is 1.71 bits per heavy atom. The Balaban J connectivity index is 3.20. The van der Waals surface area contributed by atoms with Crippen LogP contribution < -0.4 is 11.3 Å². The first-order valence-electron chi connectivity index (χ1n) is 4.56. The van der Waals surface area contributed by atoms with Crippen molar-refractivity contribution >= 4 is 5.91 Å². The van der Waals surface area contributed by atoms with E-state index in [1.165, 1.54) is 18.0 Å². The number of hydrogen-bond acceptors (Lipinski definition) is 6. The van der Waals surface area contributed by atoms with E-state index in [2.05, 4.69) is 4.98 Å². The van der Waals surface area contributed by atoms with E-state index in [-0.39, 0.29) is 18.0 Å². The van der Waals surface area contributed by atoms with Crippen molar-refractivity contribution in [1.29, 1.82) is 10.5 Å². The fraction of sp³-hybridized carbons (Fsp3) is 0.333. The van der Waals surface area contributed by atoms with Crippen molar-refractivity contribution in [3.05, 3.63) is 17.7 Å². The quantitative estimate of drug-likeness (QED) is 0.382. The van der Waals surface area contributed by atoms with Gasteiger partial charge in [-0.15, -0.1) is 0 Å². The third-order valence-corrected chi connectivity index (χ3v) is 2.11. The summed E-state index contributed by atoms with van der Waals surface area (Å²) in [5, 5.41) is 17.7. The number of nitriles is 2. The lowest BCUT2D eigenvalue weighted by Crippen LogP contribution is -2.39. The second kappa shape index (κ2) is 5.61. The average molecular weight is 234 g/mol. The molecular weight excluding hydrogens is 224 g/mol. The zero-order valence-electron chi connectivity index (χ0n) is 9.04. The van der Waals surface area contributed by atoms with Crippen LogP contribution in [0.4, 0.5) is 0 Å². The van der Waals surface area contributed by atoms with Crippen molar-refractivity contribution in [2.75, 3.05) is 13.7 Å². The van der Waals surface area contributed by atoms with Gasteiger partial charge in [0.2, 0.25) is 0 Å². The van der Waals surface area contributed by atoms with Gasteiger partial charge in [-0.1, -0.05) is 0 Å². The molecule has 1 aromatic rings. The van der Waals surface area contributed by atoms with Gasteiger partial charge in [-0.2, -0.15) is 10.5 Å². The molecule has 3 N–H and O–H groups in total. The lowest BCUT2D eigenvalue weighted by Gasteiger charge is -2.16. The molecule has 8 heteroatoms. The maximum absolute atomic E-state index is 11.5. The van der Waals surface area contributed by atoms with E-state index in [1.807, 2.05) is 11.5 Å². The van der Waals surface area contributed by atoms with Crippen molar-refractivity contribution in [2.45, 2.75) is 6.04 Å². The number of imidazole rings is 1. The summed E-state index contributed by atoms with van der Waals surface area (Å²) in [4.78, 5) is 15.2. The average Bonchev–Trinajstić information content (AvgIpc) is 2.77. The third-order valence-electron chi connectivity index (χ3n) is 2.11. The van der Waals surface area contributed by atoms with E-state index in [0.717, 1.165) is 0 Å². The molecule has 1 unspecified atom stereocenters. The van der Waals surface area contributed by atoms with Crippen molar-refractivity contribution in [3.63, 3.8) is 0 Å². The molecule has 88 valence electrons. The second-order valence-corrected chi connectivity index (χ2v) is 3.05. The van der Waals surface area contributed by atoms with Gasteiger partial charge < -0.3 is 9.30 Å². The van der Waals surface area contributed by atoms with Crippen LogP contribution in [0.1, 0.15) is 17.4 Å². The zero-order chi connectivity index (χ0) is 12.8. The topological polar surface area (TPSA) is 130 Å². The Labute approximate surface area is 97.2 Å². The number of hydrazine groups is 1. The number of ether oxygens (including phenoxy) is 1. The molecule has 8 nitrogen and oxygen atoms in total. The summed E-state index contributed by atoms with van der Waals surface area (Å²) in [6.07, 6.45) is 1.23. The van der Waals surface area contributed by atoms with Crippen LogP contribution in [0.15, 0.2) is 6.33 Å². The van der Waals surface area contributed by atoms with Gasteiger partial charge in [-0.25, -0.2) is 10.8 Å². The normalized spacial score (nSPS) is 11.3. The maximum atomic E-state index is 11.5. The van der Waals surface area contributed by atoms with Gasteiger partial charge in [0.1, 0.15) is 18.2 Å². The first-order valence-corrected chi connectivity index (χ1v) is 4.56. The van der Waals surface area contributed by atoms with Gasteiger partial charge in [0, 0.05) is 7.11 Å². The number of methoxy groups -OCH3 is 1. The minimum atomic E-state index is -0.839. The molecule has 0 aliphatic heterocycles. The Morgan fingerprint density at radius 2 is 2.41 bits per heavy atom. The van der Waals surface area contributed by atoms with Gasteiger partial charge in [0.05, 0.1) is 12.9 Å². The number of carbonyl (C=O) groups is 1. The van der Waals surface area contributed by atoms with Crippen LogP contribution in [0, 0.1) is 22.7 Å². The number of nitrogens with one attached hydrogen (secondary N) is 1. The van der Waals surface area contributed by atoms with Gasteiger partial charge in [0.15, 0.2) is 11.4 Å². The van der Waals surface area contributed by atoms with E-state index >= 15 is 0 Å². The summed E-state index contributed by atoms with van der Waals surface area (Å²) in [5.41, 5.74) is 1.92. The molecule has 1 rings (SSSR count). The fourth-order valence-corrected chi connectivity index (χ4v) is 1.33. The predicted octanol–water partition coefficient (Wildman–Crippen LogP) is -1.20. The monoisotopic (exact) mass is 234 g/mol. The highest BCUT2D eigenvalue weighted by molar-refractivity contribution is 5.80. The predicted molar refractivity (Wildman–Crippen MR) is 54.9 cm³/mol. The molecule has 0 radical (unpaired) electrons. The van der Waals surface area contributed by atoms with Crippen LogP contribution in [0.25, 0.3) is 0 Å². The highest BCUT2D eigenvalue weighted by atomic mass is 16.5. The highest BCUT2D eigenvalue weighted by Crippen LogP contribution is 2.13. The molecule has 17 heavy (non-hydrogen) atoms. The van der Waals surface area contributed by atoms with Crippen LogP contribution in [-0.2, 0) is 9.53 Å². The molecular formula is C9H10N6O2. The Hall–Kier alpha value is -2.42. The molecule has 0 spiro atoms. The van der Waals surface area contributed by atoms with E-state index in [1.54, 1.807) is 6.07 Å². The lowest BCUT2D eigenvalue weighted by atomic mass is 10.2. The molecule has 1 atom stereocenters. The molecule has 0 aliphatic rings. The molecule has 0 bridgehead atoms. The van der Waals surface area contributed by atoms with Crippen molar-refractivity contribution in [1.82, 2.24) is 15.0 Å². The standard InChI is InChI=1S/C9H10N6O2/c1-17-4-8(9(16)14-12)15-5-13-6(2-10)7(15)3-11/h5,8H,4,12H2,1H3,(H,14,16). The zero-order valence-corrected chi connectivity index (χ0v) is 9.04. The summed E-state index contributed by atoms with van der Waals surface area (Å²) < 4.78 is 6.12. The smallest absolute Gasteiger partial charge is 0.259 e. The van der Waals surface area contributed by atoms with Crippen molar-refractivity contribution < 1.29 is 9.53 Å². The molecule has 1 aromatic heterocycles. The molecule has 0 fully saturated rings. The molecule has 0 saturated heterocycles. The summed E-state index contributed by atoms with van der Waals surface area (Å²) in [6, 6.07) is 2.74. The first-order chi connectivity index (χ1) is 8.19. The minimum absolute atomic E-state index is 0.00171. The van der Waals surface area contributed by atoms with Crippen molar-refractivity contribution in [2.24, 2.45) is 5.84 Å². The largest absolute Gasteiger partial charge is 0.382 e. The Bertz CT molecular complexity index is 495. The third kappa shape index (κ3) is 2.39. The number of hydrogen-bond donors (Lipinski definition) is 2. The minimum Gasteiger partial charge on any atom is -0.382 e. The Kier molecular flexibility index (Phi) is 4.17. The summed E-state index contributed by atoms with van der Waals surface area (Å²) in [5.74, 6) is 4.50. The molecule has 1 heterocycles. The number of nitrogens with zero attached hydrogens (tertiary/aromatic N) is 4. The van der Waals surface area contributed by atoms with Crippen LogP contribution in [0.5, 0.6) is 0 Å². The van der Waals surface area contributed by atoms with E-state index < -0.39 is 11.9 Å². The van der Waals surface area contributed by atoms with Gasteiger partial charge in [0.25, 0.3) is 5.91 Å². The van der Waals surface area contributed by atoms with Crippen LogP contribution in [0.3, 0.4) is 0 Å². The fourth-order valence-electron chi connectivity index (χ4n) is 1.33. The number of nitrogens with two attached hydrogens (primary N) is 1. The molecule has 0 aromatic carbocycles.